The Kier molecular flexibility index (Phi) is 8.23. The fourth-order valence-electron chi connectivity index (χ4n) is 2.12. The third-order valence-corrected chi connectivity index (χ3v) is 3.29. The molecule has 1 heterocycles. The van der Waals surface area contributed by atoms with Gasteiger partial charge in [-0.25, -0.2) is 0 Å². The van der Waals surface area contributed by atoms with Crippen LogP contribution in [0, 0.1) is 0 Å². The average molecular weight is 338 g/mol. The highest BCUT2D eigenvalue weighted by Crippen LogP contribution is 2.19. The van der Waals surface area contributed by atoms with Crippen LogP contribution < -0.4 is 0 Å². The van der Waals surface area contributed by atoms with E-state index in [1.807, 2.05) is 0 Å². The molecule has 1 aliphatic rings. The van der Waals surface area contributed by atoms with Gasteiger partial charge in [0.2, 0.25) is 0 Å². The number of hydrogen-bond acceptors (Lipinski definition) is 7. The van der Waals surface area contributed by atoms with E-state index in [0.29, 0.717) is 32.0 Å². The maximum Gasteiger partial charge on any atom is 0.324 e. The smallest absolute Gasteiger partial charge is 0.324 e. The summed E-state index contributed by atoms with van der Waals surface area (Å²) in [6.45, 7) is 2.31. The molecule has 7 nitrogen and oxygen atoms in total. The fourth-order valence-corrected chi connectivity index (χ4v) is 2.12. The van der Waals surface area contributed by atoms with Crippen LogP contribution in [0.4, 0.5) is 0 Å². The Labute approximate surface area is 140 Å². The van der Waals surface area contributed by atoms with E-state index in [-0.39, 0.29) is 26.4 Å². The lowest BCUT2D eigenvalue weighted by molar-refractivity contribution is -0.159. The lowest BCUT2D eigenvalue weighted by Gasteiger charge is -2.16. The SMILES string of the molecule is O=C1OCCOCCOCCOCCOC(=O)C1c1ccccc1. The highest BCUT2D eigenvalue weighted by Gasteiger charge is 2.31. The van der Waals surface area contributed by atoms with Crippen LogP contribution in [0.5, 0.6) is 0 Å². The van der Waals surface area contributed by atoms with Crippen molar-refractivity contribution in [3.63, 3.8) is 0 Å². The van der Waals surface area contributed by atoms with Gasteiger partial charge in [-0.1, -0.05) is 30.3 Å². The first-order valence-electron chi connectivity index (χ1n) is 7.90. The van der Waals surface area contributed by atoms with Gasteiger partial charge in [0, 0.05) is 0 Å². The topological polar surface area (TPSA) is 80.3 Å². The molecule has 1 aromatic rings. The van der Waals surface area contributed by atoms with Crippen LogP contribution >= 0.6 is 0 Å². The molecular formula is C17H22O7. The number of benzene rings is 1. The van der Waals surface area contributed by atoms with Gasteiger partial charge in [0.25, 0.3) is 0 Å². The quantitative estimate of drug-likeness (QED) is 0.556. The van der Waals surface area contributed by atoms with Gasteiger partial charge in [0.05, 0.1) is 39.6 Å². The summed E-state index contributed by atoms with van der Waals surface area (Å²) in [6, 6.07) is 8.69. The van der Waals surface area contributed by atoms with Crippen LogP contribution in [-0.2, 0) is 33.3 Å². The summed E-state index contributed by atoms with van der Waals surface area (Å²) in [5.41, 5.74) is 0.531. The Morgan fingerprint density at radius 1 is 0.625 bits per heavy atom. The lowest BCUT2D eigenvalue weighted by Crippen LogP contribution is -2.28. The standard InChI is InChI=1S/C17H22O7/c18-16-15(14-4-2-1-3-5-14)17(19)24-13-11-22-9-7-20-6-8-21-10-12-23-16/h1-5,15H,6-13H2. The van der Waals surface area contributed by atoms with Gasteiger partial charge in [-0.15, -0.1) is 0 Å². The largest absolute Gasteiger partial charge is 0.462 e. The van der Waals surface area contributed by atoms with Crippen molar-refractivity contribution in [1.29, 1.82) is 0 Å². The van der Waals surface area contributed by atoms with Crippen LogP contribution in [0.1, 0.15) is 11.5 Å². The summed E-state index contributed by atoms with van der Waals surface area (Å²) in [5, 5.41) is 0. The third kappa shape index (κ3) is 6.27. The molecule has 0 bridgehead atoms. The number of esters is 2. The van der Waals surface area contributed by atoms with Crippen molar-refractivity contribution in [2.24, 2.45) is 0 Å². The minimum Gasteiger partial charge on any atom is -0.462 e. The van der Waals surface area contributed by atoms with E-state index in [2.05, 4.69) is 0 Å². The number of carbonyl (C=O) groups excluding carboxylic acids is 2. The van der Waals surface area contributed by atoms with Crippen LogP contribution in [-0.4, -0.2) is 64.8 Å². The van der Waals surface area contributed by atoms with Crippen molar-refractivity contribution in [3.05, 3.63) is 35.9 Å². The Balaban J connectivity index is 2.00. The van der Waals surface area contributed by atoms with Crippen LogP contribution in [0.3, 0.4) is 0 Å². The second-order valence-corrected chi connectivity index (χ2v) is 5.02. The van der Waals surface area contributed by atoms with Gasteiger partial charge in [-0.2, -0.15) is 0 Å². The molecule has 0 amide bonds. The highest BCUT2D eigenvalue weighted by atomic mass is 16.6. The molecule has 1 aromatic carbocycles. The predicted octanol–water partition coefficient (Wildman–Crippen LogP) is 0.920. The number of ether oxygens (including phenoxy) is 5. The van der Waals surface area contributed by atoms with Gasteiger partial charge >= 0.3 is 11.9 Å². The van der Waals surface area contributed by atoms with Gasteiger partial charge < -0.3 is 23.7 Å². The van der Waals surface area contributed by atoms with Crippen LogP contribution in [0.25, 0.3) is 0 Å². The van der Waals surface area contributed by atoms with Crippen molar-refractivity contribution in [3.8, 4) is 0 Å². The minimum absolute atomic E-state index is 0.0680. The van der Waals surface area contributed by atoms with Gasteiger partial charge in [-0.3, -0.25) is 9.59 Å². The minimum atomic E-state index is -1.11. The van der Waals surface area contributed by atoms with E-state index in [1.165, 1.54) is 0 Å². The highest BCUT2D eigenvalue weighted by molar-refractivity contribution is 6.00. The van der Waals surface area contributed by atoms with E-state index < -0.39 is 17.9 Å². The van der Waals surface area contributed by atoms with Crippen molar-refractivity contribution >= 4 is 11.9 Å². The number of rotatable bonds is 1. The molecule has 0 spiro atoms. The molecule has 132 valence electrons. The molecule has 1 saturated heterocycles. The molecule has 0 unspecified atom stereocenters. The van der Waals surface area contributed by atoms with E-state index in [4.69, 9.17) is 23.7 Å². The second kappa shape index (κ2) is 10.7. The predicted molar refractivity (Wildman–Crippen MR) is 83.6 cm³/mol. The summed E-state index contributed by atoms with van der Waals surface area (Å²) in [5.74, 6) is -2.42. The molecule has 2 rings (SSSR count). The molecule has 0 radical (unpaired) electrons. The van der Waals surface area contributed by atoms with E-state index in [9.17, 15) is 9.59 Å². The molecule has 0 N–H and O–H groups in total. The Morgan fingerprint density at radius 2 is 1.04 bits per heavy atom. The summed E-state index contributed by atoms with van der Waals surface area (Å²) >= 11 is 0. The molecule has 0 aromatic heterocycles. The summed E-state index contributed by atoms with van der Waals surface area (Å²) in [7, 11) is 0. The van der Waals surface area contributed by atoms with Crippen molar-refractivity contribution in [1.82, 2.24) is 0 Å². The molecular weight excluding hydrogens is 316 g/mol. The maximum absolute atomic E-state index is 12.3. The van der Waals surface area contributed by atoms with Crippen LogP contribution in [0.2, 0.25) is 0 Å². The zero-order valence-corrected chi connectivity index (χ0v) is 13.5. The molecule has 0 atom stereocenters. The monoisotopic (exact) mass is 338 g/mol. The molecule has 7 heteroatoms. The third-order valence-electron chi connectivity index (χ3n) is 3.29. The van der Waals surface area contributed by atoms with Crippen molar-refractivity contribution < 1.29 is 33.3 Å². The summed E-state index contributed by atoms with van der Waals surface area (Å²) in [4.78, 5) is 24.6. The Morgan fingerprint density at radius 3 is 1.50 bits per heavy atom. The van der Waals surface area contributed by atoms with E-state index >= 15 is 0 Å². The number of cyclic esters (lactones) is 2. The molecule has 0 aliphatic carbocycles. The Bertz CT molecular complexity index is 477. The zero-order valence-electron chi connectivity index (χ0n) is 13.5. The normalized spacial score (nSPS) is 20.2. The molecule has 1 fully saturated rings. The van der Waals surface area contributed by atoms with Crippen molar-refractivity contribution in [2.75, 3.05) is 52.9 Å². The van der Waals surface area contributed by atoms with E-state index in [0.717, 1.165) is 0 Å². The summed E-state index contributed by atoms with van der Waals surface area (Å²) in [6.07, 6.45) is 0. The van der Waals surface area contributed by atoms with Gasteiger partial charge in [0.15, 0.2) is 5.92 Å². The zero-order chi connectivity index (χ0) is 17.0. The fraction of sp³-hybridized carbons (Fsp3) is 0.529. The molecule has 1 aliphatic heterocycles. The number of hydrogen-bond donors (Lipinski definition) is 0. The number of carbonyl (C=O) groups is 2. The maximum atomic E-state index is 12.3. The first-order valence-corrected chi connectivity index (χ1v) is 7.90. The molecule has 0 saturated carbocycles. The summed E-state index contributed by atoms with van der Waals surface area (Å²) < 4.78 is 26.2. The van der Waals surface area contributed by atoms with Crippen LogP contribution in [0.15, 0.2) is 30.3 Å². The average Bonchev–Trinajstić information content (AvgIpc) is 2.59. The first-order chi connectivity index (χ1) is 11.8. The van der Waals surface area contributed by atoms with Crippen molar-refractivity contribution in [2.45, 2.75) is 5.92 Å². The van der Waals surface area contributed by atoms with Gasteiger partial charge in [-0.05, 0) is 5.56 Å². The van der Waals surface area contributed by atoms with Gasteiger partial charge in [0.1, 0.15) is 13.2 Å². The molecule has 24 heavy (non-hydrogen) atoms. The first kappa shape index (κ1) is 18.4. The second-order valence-electron chi connectivity index (χ2n) is 5.02. The van der Waals surface area contributed by atoms with E-state index in [1.54, 1.807) is 30.3 Å². The lowest BCUT2D eigenvalue weighted by atomic mass is 9.99. The Hall–Kier alpha value is -1.96.